The zero-order valence-electron chi connectivity index (χ0n) is 27.5. The van der Waals surface area contributed by atoms with Gasteiger partial charge in [0.05, 0.1) is 22.6 Å². The molecular formula is C47H29N3S. The summed E-state index contributed by atoms with van der Waals surface area (Å²) in [6.07, 6.45) is 0. The quantitative estimate of drug-likeness (QED) is 0.171. The summed E-state index contributed by atoms with van der Waals surface area (Å²) >= 11 is 1.86. The highest BCUT2D eigenvalue weighted by Gasteiger charge is 2.20. The largest absolute Gasteiger partial charge is 0.247 e. The Kier molecular flexibility index (Phi) is 7.00. The lowest BCUT2D eigenvalue weighted by Crippen LogP contribution is -1.96. The van der Waals surface area contributed by atoms with E-state index in [4.69, 9.17) is 15.0 Å². The molecule has 3 aromatic heterocycles. The number of nitrogens with zero attached hydrogens (tertiary/aromatic N) is 3. The Morgan fingerprint density at radius 3 is 1.65 bits per heavy atom. The average molecular weight is 668 g/mol. The zero-order valence-corrected chi connectivity index (χ0v) is 28.3. The number of fused-ring (bicyclic) bond motifs is 7. The molecule has 0 saturated heterocycles. The second kappa shape index (κ2) is 12.1. The van der Waals surface area contributed by atoms with Crippen LogP contribution in [-0.2, 0) is 0 Å². The summed E-state index contributed by atoms with van der Waals surface area (Å²) in [5.74, 6) is 0.697. The molecule has 0 atom stereocenters. The van der Waals surface area contributed by atoms with E-state index in [2.05, 4.69) is 164 Å². The van der Waals surface area contributed by atoms with Crippen molar-refractivity contribution in [3.05, 3.63) is 176 Å². The number of hydrogen-bond acceptors (Lipinski definition) is 4. The monoisotopic (exact) mass is 667 g/mol. The standard InChI is InChI=1S/C47H29N3S/c1-4-15-30(16-5-1)40-29-41(31-17-6-2-7-18-31)50-47(49-40)34-22-14-21-33(27-34)37-28-38-43(44-36-24-11-13-26-42(36)51-46(37)44)35-23-10-12-25-39(35)48-45(38)32-19-8-3-9-20-32/h1-29H. The summed E-state index contributed by atoms with van der Waals surface area (Å²) in [4.78, 5) is 15.6. The van der Waals surface area contributed by atoms with E-state index in [1.165, 1.54) is 36.5 Å². The van der Waals surface area contributed by atoms with Crippen LogP contribution in [0, 0.1) is 0 Å². The molecule has 0 bridgehead atoms. The van der Waals surface area contributed by atoms with Crippen molar-refractivity contribution in [1.82, 2.24) is 15.0 Å². The molecule has 0 aliphatic rings. The van der Waals surface area contributed by atoms with E-state index in [-0.39, 0.29) is 0 Å². The minimum absolute atomic E-state index is 0.697. The van der Waals surface area contributed by atoms with Gasteiger partial charge in [-0.1, -0.05) is 146 Å². The number of aromatic nitrogens is 3. The van der Waals surface area contributed by atoms with Gasteiger partial charge in [0.25, 0.3) is 0 Å². The molecule has 0 spiro atoms. The van der Waals surface area contributed by atoms with Crippen molar-refractivity contribution in [2.45, 2.75) is 0 Å². The van der Waals surface area contributed by atoms with E-state index in [1.54, 1.807) is 0 Å². The second-order valence-corrected chi connectivity index (χ2v) is 13.8. The third-order valence-electron chi connectivity index (χ3n) is 9.65. The van der Waals surface area contributed by atoms with E-state index in [1.807, 2.05) is 23.5 Å². The number of hydrogen-bond donors (Lipinski definition) is 0. The van der Waals surface area contributed by atoms with Crippen LogP contribution in [0.4, 0.5) is 0 Å². The summed E-state index contributed by atoms with van der Waals surface area (Å²) in [5, 5.41) is 6.10. The van der Waals surface area contributed by atoms with Crippen molar-refractivity contribution >= 4 is 53.2 Å². The van der Waals surface area contributed by atoms with Gasteiger partial charge in [0.1, 0.15) is 0 Å². The lowest BCUT2D eigenvalue weighted by molar-refractivity contribution is 1.18. The van der Waals surface area contributed by atoms with Gasteiger partial charge in [-0.05, 0) is 35.9 Å². The third-order valence-corrected chi connectivity index (χ3v) is 10.9. The highest BCUT2D eigenvalue weighted by Crippen LogP contribution is 2.48. The van der Waals surface area contributed by atoms with Gasteiger partial charge >= 0.3 is 0 Å². The molecule has 0 N–H and O–H groups in total. The maximum atomic E-state index is 5.31. The van der Waals surface area contributed by atoms with Crippen LogP contribution in [0.5, 0.6) is 0 Å². The van der Waals surface area contributed by atoms with Gasteiger partial charge in [-0.25, -0.2) is 15.0 Å². The van der Waals surface area contributed by atoms with Crippen molar-refractivity contribution in [1.29, 1.82) is 0 Å². The van der Waals surface area contributed by atoms with Crippen LogP contribution in [0.2, 0.25) is 0 Å². The first-order chi connectivity index (χ1) is 25.3. The Bertz CT molecular complexity index is 2840. The van der Waals surface area contributed by atoms with Crippen LogP contribution in [0.1, 0.15) is 0 Å². The molecule has 0 amide bonds. The Balaban J connectivity index is 1.26. The predicted molar refractivity (Wildman–Crippen MR) is 215 cm³/mol. The number of pyridine rings is 1. The second-order valence-electron chi connectivity index (χ2n) is 12.8. The van der Waals surface area contributed by atoms with E-state index in [0.29, 0.717) is 5.82 Å². The number of para-hydroxylation sites is 1. The molecule has 3 nitrogen and oxygen atoms in total. The predicted octanol–water partition coefficient (Wildman–Crippen LogP) is 12.9. The molecule has 3 heterocycles. The Labute approximate surface area is 299 Å². The summed E-state index contributed by atoms with van der Waals surface area (Å²) < 4.78 is 2.53. The molecule has 0 fully saturated rings. The lowest BCUT2D eigenvalue weighted by Gasteiger charge is -2.15. The maximum absolute atomic E-state index is 5.31. The zero-order chi connectivity index (χ0) is 33.7. The Morgan fingerprint density at radius 2 is 0.941 bits per heavy atom. The number of rotatable bonds is 5. The van der Waals surface area contributed by atoms with Gasteiger partial charge in [0.15, 0.2) is 5.82 Å². The number of thiophene rings is 1. The van der Waals surface area contributed by atoms with E-state index >= 15 is 0 Å². The molecule has 0 unspecified atom stereocenters. The molecule has 0 aliphatic heterocycles. The molecule has 7 aromatic carbocycles. The topological polar surface area (TPSA) is 38.7 Å². The van der Waals surface area contributed by atoms with Gasteiger partial charge in [0.2, 0.25) is 0 Å². The normalized spacial score (nSPS) is 11.5. The minimum atomic E-state index is 0.697. The smallest absolute Gasteiger partial charge is 0.160 e. The molecule has 4 heteroatoms. The fourth-order valence-corrected chi connectivity index (χ4v) is 8.52. The molecule has 0 radical (unpaired) electrons. The highest BCUT2D eigenvalue weighted by atomic mass is 32.1. The molecule has 10 rings (SSSR count). The van der Waals surface area contributed by atoms with Gasteiger partial charge in [0, 0.05) is 64.1 Å². The van der Waals surface area contributed by atoms with Crippen molar-refractivity contribution in [3.63, 3.8) is 0 Å². The maximum Gasteiger partial charge on any atom is 0.160 e. The van der Waals surface area contributed by atoms with E-state index in [0.717, 1.165) is 55.8 Å². The molecule has 10 aromatic rings. The lowest BCUT2D eigenvalue weighted by atomic mass is 9.91. The first-order valence-electron chi connectivity index (χ1n) is 17.1. The average Bonchev–Trinajstić information content (AvgIpc) is 3.61. The van der Waals surface area contributed by atoms with Crippen LogP contribution in [-0.4, -0.2) is 15.0 Å². The Hall–Kier alpha value is -6.49. The van der Waals surface area contributed by atoms with Crippen LogP contribution in [0.25, 0.3) is 98.1 Å². The minimum Gasteiger partial charge on any atom is -0.247 e. The fourth-order valence-electron chi connectivity index (χ4n) is 7.28. The first kappa shape index (κ1) is 29.4. The van der Waals surface area contributed by atoms with Crippen molar-refractivity contribution in [3.8, 4) is 56.3 Å². The number of benzene rings is 7. The summed E-state index contributed by atoms with van der Waals surface area (Å²) in [6.45, 7) is 0. The molecule has 238 valence electrons. The third kappa shape index (κ3) is 5.08. The summed E-state index contributed by atoms with van der Waals surface area (Å²) in [5.41, 5.74) is 10.3. The van der Waals surface area contributed by atoms with E-state index in [9.17, 15) is 0 Å². The van der Waals surface area contributed by atoms with Crippen LogP contribution < -0.4 is 0 Å². The first-order valence-corrected chi connectivity index (χ1v) is 17.9. The van der Waals surface area contributed by atoms with Gasteiger partial charge in [-0.15, -0.1) is 11.3 Å². The van der Waals surface area contributed by atoms with Crippen molar-refractivity contribution in [2.75, 3.05) is 0 Å². The van der Waals surface area contributed by atoms with Crippen molar-refractivity contribution in [2.24, 2.45) is 0 Å². The van der Waals surface area contributed by atoms with Gasteiger partial charge < -0.3 is 0 Å². The SMILES string of the molecule is c1ccc(-c2cc(-c3ccccc3)nc(-c3cccc(-c4cc5c(-c6ccccc6)nc6ccccc6c5c5c4sc4ccccc45)c3)n2)cc1. The fraction of sp³-hybridized carbons (Fsp3) is 0. The molecule has 0 saturated carbocycles. The van der Waals surface area contributed by atoms with Gasteiger partial charge in [-0.2, -0.15) is 0 Å². The van der Waals surface area contributed by atoms with Gasteiger partial charge in [-0.3, -0.25) is 0 Å². The highest BCUT2D eigenvalue weighted by molar-refractivity contribution is 7.26. The van der Waals surface area contributed by atoms with Crippen LogP contribution >= 0.6 is 11.3 Å². The molecule has 51 heavy (non-hydrogen) atoms. The van der Waals surface area contributed by atoms with Crippen LogP contribution in [0.3, 0.4) is 0 Å². The Morgan fingerprint density at radius 1 is 0.373 bits per heavy atom. The molecular weight excluding hydrogens is 639 g/mol. The van der Waals surface area contributed by atoms with E-state index < -0.39 is 0 Å². The summed E-state index contributed by atoms with van der Waals surface area (Å²) in [7, 11) is 0. The van der Waals surface area contributed by atoms with Crippen molar-refractivity contribution < 1.29 is 0 Å². The molecule has 0 aliphatic carbocycles. The summed E-state index contributed by atoms with van der Waals surface area (Å²) in [6, 6.07) is 61.8. The van der Waals surface area contributed by atoms with Crippen LogP contribution in [0.15, 0.2) is 176 Å².